The molecule has 2 nitrogen and oxygen atoms in total. The number of benzene rings is 1. The Labute approximate surface area is 142 Å². The van der Waals surface area contributed by atoms with Crippen LogP contribution in [0.1, 0.15) is 47.5 Å². The summed E-state index contributed by atoms with van der Waals surface area (Å²) in [6.07, 6.45) is 2.43. The number of rotatable bonds is 10. The molecule has 0 spiro atoms. The van der Waals surface area contributed by atoms with Crippen LogP contribution in [0.5, 0.6) is 0 Å². The Bertz CT molecular complexity index is 386. The molecule has 1 aromatic rings. The number of nitrogens with one attached hydrogen (secondary N) is 1. The molecule has 126 valence electrons. The van der Waals surface area contributed by atoms with Gasteiger partial charge in [0.1, 0.15) is 0 Å². The fraction of sp³-hybridized carbons (Fsp3) is 0.684. The molecule has 0 saturated heterocycles. The molecule has 0 aliphatic rings. The van der Waals surface area contributed by atoms with Gasteiger partial charge in [-0.1, -0.05) is 25.1 Å². The van der Waals surface area contributed by atoms with Crippen molar-refractivity contribution in [2.75, 3.05) is 25.4 Å². The second-order valence-electron chi connectivity index (χ2n) is 6.89. The van der Waals surface area contributed by atoms with E-state index in [1.807, 2.05) is 11.8 Å². The maximum Gasteiger partial charge on any atom is 0.0128 e. The SMILES string of the molecule is CCC(C)N(CCNCCCSc1ccccc1)C(C)(C)C. The Kier molecular flexibility index (Phi) is 9.15. The Balaban J connectivity index is 2.13. The van der Waals surface area contributed by atoms with Crippen LogP contribution in [0.15, 0.2) is 35.2 Å². The fourth-order valence-electron chi connectivity index (χ4n) is 2.67. The van der Waals surface area contributed by atoms with Gasteiger partial charge in [0.2, 0.25) is 0 Å². The molecule has 1 atom stereocenters. The van der Waals surface area contributed by atoms with Gasteiger partial charge in [-0.05, 0) is 65.0 Å². The van der Waals surface area contributed by atoms with E-state index in [0.29, 0.717) is 6.04 Å². The number of hydrogen-bond acceptors (Lipinski definition) is 3. The lowest BCUT2D eigenvalue weighted by atomic mass is 10.0. The molecule has 1 rings (SSSR count). The molecule has 0 bridgehead atoms. The van der Waals surface area contributed by atoms with Crippen molar-refractivity contribution in [3.05, 3.63) is 30.3 Å². The van der Waals surface area contributed by atoms with Crippen molar-refractivity contribution in [3.63, 3.8) is 0 Å². The Morgan fingerprint density at radius 1 is 1.14 bits per heavy atom. The standard InChI is InChI=1S/C19H34N2S/c1-6-17(2)21(19(3,4)5)15-14-20-13-10-16-22-18-11-8-7-9-12-18/h7-9,11-12,17,20H,6,10,13-16H2,1-5H3. The Hall–Kier alpha value is -0.510. The average molecular weight is 323 g/mol. The zero-order valence-electron chi connectivity index (χ0n) is 15.1. The van der Waals surface area contributed by atoms with Crippen molar-refractivity contribution in [2.24, 2.45) is 0 Å². The van der Waals surface area contributed by atoms with E-state index in [0.717, 1.165) is 19.6 Å². The van der Waals surface area contributed by atoms with Crippen LogP contribution in [0.3, 0.4) is 0 Å². The van der Waals surface area contributed by atoms with Gasteiger partial charge in [0, 0.05) is 29.6 Å². The molecular formula is C19H34N2S. The highest BCUT2D eigenvalue weighted by molar-refractivity contribution is 7.99. The topological polar surface area (TPSA) is 15.3 Å². The highest BCUT2D eigenvalue weighted by Crippen LogP contribution is 2.18. The molecule has 0 radical (unpaired) electrons. The highest BCUT2D eigenvalue weighted by atomic mass is 32.2. The van der Waals surface area contributed by atoms with Gasteiger partial charge >= 0.3 is 0 Å². The fourth-order valence-corrected chi connectivity index (χ4v) is 3.54. The van der Waals surface area contributed by atoms with Crippen molar-refractivity contribution < 1.29 is 0 Å². The van der Waals surface area contributed by atoms with Gasteiger partial charge in [-0.3, -0.25) is 4.90 Å². The molecule has 0 heterocycles. The van der Waals surface area contributed by atoms with Gasteiger partial charge in [0.15, 0.2) is 0 Å². The molecular weight excluding hydrogens is 288 g/mol. The molecule has 0 aliphatic carbocycles. The minimum atomic E-state index is 0.250. The summed E-state index contributed by atoms with van der Waals surface area (Å²) in [6, 6.07) is 11.3. The van der Waals surface area contributed by atoms with E-state index in [4.69, 9.17) is 0 Å². The third-order valence-electron chi connectivity index (χ3n) is 4.02. The predicted octanol–water partition coefficient (Wildman–Crippen LogP) is 4.66. The minimum Gasteiger partial charge on any atom is -0.315 e. The van der Waals surface area contributed by atoms with Crippen molar-refractivity contribution in [1.82, 2.24) is 10.2 Å². The van der Waals surface area contributed by atoms with Crippen LogP contribution in [0.2, 0.25) is 0 Å². The maximum atomic E-state index is 3.60. The number of thioether (sulfide) groups is 1. The molecule has 1 aromatic carbocycles. The molecule has 0 amide bonds. The average Bonchev–Trinajstić information content (AvgIpc) is 2.49. The molecule has 0 fully saturated rings. The van der Waals surface area contributed by atoms with Gasteiger partial charge in [-0.25, -0.2) is 0 Å². The first kappa shape index (κ1) is 19.5. The summed E-state index contributed by atoms with van der Waals surface area (Å²) in [5.74, 6) is 1.19. The second-order valence-corrected chi connectivity index (χ2v) is 8.05. The normalized spacial score (nSPS) is 13.5. The summed E-state index contributed by atoms with van der Waals surface area (Å²) in [4.78, 5) is 3.98. The largest absolute Gasteiger partial charge is 0.315 e. The Morgan fingerprint density at radius 2 is 1.82 bits per heavy atom. The maximum absolute atomic E-state index is 3.60. The van der Waals surface area contributed by atoms with E-state index < -0.39 is 0 Å². The molecule has 1 N–H and O–H groups in total. The van der Waals surface area contributed by atoms with Crippen LogP contribution in [-0.2, 0) is 0 Å². The quantitative estimate of drug-likeness (QED) is 0.498. The summed E-state index contributed by atoms with van der Waals surface area (Å²) in [5, 5.41) is 3.60. The first-order valence-electron chi connectivity index (χ1n) is 8.60. The second kappa shape index (κ2) is 10.3. The summed E-state index contributed by atoms with van der Waals surface area (Å²) < 4.78 is 0. The lowest BCUT2D eigenvalue weighted by molar-refractivity contribution is 0.0892. The van der Waals surface area contributed by atoms with Crippen LogP contribution in [0, 0.1) is 0 Å². The smallest absolute Gasteiger partial charge is 0.0128 e. The third-order valence-corrected chi connectivity index (χ3v) is 5.12. The molecule has 22 heavy (non-hydrogen) atoms. The first-order valence-corrected chi connectivity index (χ1v) is 9.59. The van der Waals surface area contributed by atoms with Crippen LogP contribution < -0.4 is 5.32 Å². The zero-order chi connectivity index (χ0) is 16.4. The number of nitrogens with zero attached hydrogens (tertiary/aromatic N) is 1. The molecule has 0 aromatic heterocycles. The van der Waals surface area contributed by atoms with Crippen molar-refractivity contribution in [1.29, 1.82) is 0 Å². The van der Waals surface area contributed by atoms with E-state index in [1.54, 1.807) is 0 Å². The lowest BCUT2D eigenvalue weighted by Crippen LogP contribution is -2.49. The van der Waals surface area contributed by atoms with Crippen LogP contribution in [-0.4, -0.2) is 41.9 Å². The summed E-state index contributed by atoms with van der Waals surface area (Å²) >= 11 is 1.95. The summed E-state index contributed by atoms with van der Waals surface area (Å²) in [6.45, 7) is 14.9. The van der Waals surface area contributed by atoms with Crippen LogP contribution in [0.25, 0.3) is 0 Å². The Morgan fingerprint density at radius 3 is 2.41 bits per heavy atom. The molecule has 1 unspecified atom stereocenters. The van der Waals surface area contributed by atoms with E-state index in [1.165, 1.54) is 23.5 Å². The third kappa shape index (κ3) is 7.66. The van der Waals surface area contributed by atoms with Gasteiger partial charge in [0.25, 0.3) is 0 Å². The molecule has 3 heteroatoms. The van der Waals surface area contributed by atoms with Gasteiger partial charge in [-0.2, -0.15) is 0 Å². The minimum absolute atomic E-state index is 0.250. The predicted molar refractivity (Wildman–Crippen MR) is 101 cm³/mol. The highest BCUT2D eigenvalue weighted by Gasteiger charge is 2.24. The first-order chi connectivity index (χ1) is 10.4. The van der Waals surface area contributed by atoms with Crippen molar-refractivity contribution in [3.8, 4) is 0 Å². The monoisotopic (exact) mass is 322 g/mol. The van der Waals surface area contributed by atoms with E-state index in [-0.39, 0.29) is 5.54 Å². The summed E-state index contributed by atoms with van der Waals surface area (Å²) in [5.41, 5.74) is 0.250. The van der Waals surface area contributed by atoms with Gasteiger partial charge in [-0.15, -0.1) is 11.8 Å². The molecule has 0 aliphatic heterocycles. The van der Waals surface area contributed by atoms with E-state index in [9.17, 15) is 0 Å². The van der Waals surface area contributed by atoms with Gasteiger partial charge in [0.05, 0.1) is 0 Å². The summed E-state index contributed by atoms with van der Waals surface area (Å²) in [7, 11) is 0. The lowest BCUT2D eigenvalue weighted by Gasteiger charge is -2.40. The van der Waals surface area contributed by atoms with Gasteiger partial charge < -0.3 is 5.32 Å². The van der Waals surface area contributed by atoms with Crippen LogP contribution in [0.4, 0.5) is 0 Å². The number of hydrogen-bond donors (Lipinski definition) is 1. The van der Waals surface area contributed by atoms with E-state index >= 15 is 0 Å². The van der Waals surface area contributed by atoms with Crippen molar-refractivity contribution in [2.45, 2.75) is 63.9 Å². The van der Waals surface area contributed by atoms with E-state index in [2.05, 4.69) is 75.2 Å². The van der Waals surface area contributed by atoms with Crippen molar-refractivity contribution >= 4 is 11.8 Å². The van der Waals surface area contributed by atoms with Crippen LogP contribution >= 0.6 is 11.8 Å². The molecule has 0 saturated carbocycles. The zero-order valence-corrected chi connectivity index (χ0v) is 15.9.